The number of nitrogens with two attached hydrogens (primary N) is 1. The van der Waals surface area contributed by atoms with Gasteiger partial charge in [-0.15, -0.1) is 0 Å². The van der Waals surface area contributed by atoms with Crippen molar-refractivity contribution in [2.24, 2.45) is 0 Å². The molecule has 0 saturated heterocycles. The molecule has 24 heavy (non-hydrogen) atoms. The van der Waals surface area contributed by atoms with Crippen molar-refractivity contribution in [3.63, 3.8) is 0 Å². The third-order valence-electron chi connectivity index (χ3n) is 3.65. The molecule has 6 heteroatoms. The van der Waals surface area contributed by atoms with Crippen LogP contribution in [0, 0.1) is 6.92 Å². The van der Waals surface area contributed by atoms with E-state index in [4.69, 9.17) is 22.1 Å². The minimum atomic E-state index is -0.615. The summed E-state index contributed by atoms with van der Waals surface area (Å²) in [7, 11) is 1.67. The van der Waals surface area contributed by atoms with Crippen molar-refractivity contribution in [1.82, 2.24) is 4.90 Å². The fraction of sp³-hybridized carbons (Fsp3) is 0.222. The van der Waals surface area contributed by atoms with Gasteiger partial charge in [0, 0.05) is 13.6 Å². The maximum absolute atomic E-state index is 12.1. The molecule has 0 aliphatic rings. The number of likely N-dealkylation sites (N-methyl/N-ethyl adjacent to an activating group) is 1. The van der Waals surface area contributed by atoms with Gasteiger partial charge in [0.05, 0.1) is 16.3 Å². The van der Waals surface area contributed by atoms with Crippen LogP contribution in [0.25, 0.3) is 0 Å². The van der Waals surface area contributed by atoms with E-state index in [0.717, 1.165) is 11.1 Å². The summed E-state index contributed by atoms with van der Waals surface area (Å²) in [6.07, 6.45) is 0. The van der Waals surface area contributed by atoms with Gasteiger partial charge in [0.15, 0.2) is 6.61 Å². The van der Waals surface area contributed by atoms with Crippen molar-refractivity contribution in [2.75, 3.05) is 19.4 Å². The summed E-state index contributed by atoms with van der Waals surface area (Å²) in [5.74, 6) is -0.899. The van der Waals surface area contributed by atoms with Gasteiger partial charge >= 0.3 is 5.97 Å². The number of hydrogen-bond acceptors (Lipinski definition) is 4. The van der Waals surface area contributed by atoms with Crippen LogP contribution in [0.5, 0.6) is 0 Å². The highest BCUT2D eigenvalue weighted by atomic mass is 35.5. The molecule has 126 valence electrons. The Balaban J connectivity index is 1.91. The molecule has 0 unspecified atom stereocenters. The molecule has 2 aromatic carbocycles. The van der Waals surface area contributed by atoms with Gasteiger partial charge in [-0.2, -0.15) is 0 Å². The molecule has 0 aliphatic carbocycles. The molecular formula is C18H19ClN2O3. The maximum Gasteiger partial charge on any atom is 0.338 e. The van der Waals surface area contributed by atoms with Gasteiger partial charge in [-0.25, -0.2) is 4.79 Å². The summed E-state index contributed by atoms with van der Waals surface area (Å²) < 4.78 is 5.05. The molecule has 0 radical (unpaired) electrons. The van der Waals surface area contributed by atoms with Gasteiger partial charge in [0.2, 0.25) is 0 Å². The average molecular weight is 347 g/mol. The number of aryl methyl sites for hydroxylation is 1. The fourth-order valence-electron chi connectivity index (χ4n) is 2.12. The van der Waals surface area contributed by atoms with E-state index >= 15 is 0 Å². The fourth-order valence-corrected chi connectivity index (χ4v) is 2.24. The zero-order valence-corrected chi connectivity index (χ0v) is 14.3. The molecule has 0 bridgehead atoms. The van der Waals surface area contributed by atoms with Crippen molar-refractivity contribution in [3.05, 3.63) is 64.2 Å². The van der Waals surface area contributed by atoms with Crippen molar-refractivity contribution >= 4 is 29.2 Å². The zero-order valence-electron chi connectivity index (χ0n) is 13.6. The lowest BCUT2D eigenvalue weighted by molar-refractivity contribution is -0.133. The molecule has 0 spiro atoms. The molecule has 1 amide bonds. The predicted octanol–water partition coefficient (Wildman–Crippen LogP) is 3.05. The van der Waals surface area contributed by atoms with E-state index in [1.807, 2.05) is 31.2 Å². The Hall–Kier alpha value is -2.53. The summed E-state index contributed by atoms with van der Waals surface area (Å²) in [5.41, 5.74) is 8.34. The normalized spacial score (nSPS) is 10.3. The van der Waals surface area contributed by atoms with Crippen LogP contribution < -0.4 is 5.73 Å². The van der Waals surface area contributed by atoms with E-state index in [2.05, 4.69) is 0 Å². The first-order chi connectivity index (χ1) is 11.4. The minimum Gasteiger partial charge on any atom is -0.452 e. The summed E-state index contributed by atoms with van der Waals surface area (Å²) in [4.78, 5) is 25.6. The number of halogens is 1. The number of ether oxygens (including phenoxy) is 1. The predicted molar refractivity (Wildman–Crippen MR) is 93.8 cm³/mol. The first-order valence-corrected chi connectivity index (χ1v) is 7.77. The lowest BCUT2D eigenvalue weighted by Crippen LogP contribution is -2.31. The van der Waals surface area contributed by atoms with Crippen LogP contribution in [0.3, 0.4) is 0 Å². The molecule has 2 N–H and O–H groups in total. The summed E-state index contributed by atoms with van der Waals surface area (Å²) in [6.45, 7) is 2.11. The van der Waals surface area contributed by atoms with Gasteiger partial charge in [-0.05, 0) is 36.2 Å². The van der Waals surface area contributed by atoms with Gasteiger partial charge in [-0.1, -0.05) is 35.9 Å². The zero-order chi connectivity index (χ0) is 17.7. The number of amides is 1. The smallest absolute Gasteiger partial charge is 0.338 e. The summed E-state index contributed by atoms with van der Waals surface area (Å²) in [5, 5.41) is 0.362. The highest BCUT2D eigenvalue weighted by Crippen LogP contribution is 2.20. The Bertz CT molecular complexity index is 762. The van der Waals surface area contributed by atoms with E-state index < -0.39 is 5.97 Å². The van der Waals surface area contributed by atoms with Crippen molar-refractivity contribution in [2.45, 2.75) is 13.5 Å². The molecule has 0 saturated carbocycles. The van der Waals surface area contributed by atoms with Gasteiger partial charge in [-0.3, -0.25) is 4.79 Å². The first-order valence-electron chi connectivity index (χ1n) is 7.39. The van der Waals surface area contributed by atoms with Crippen LogP contribution in [0.1, 0.15) is 21.5 Å². The Kier molecular flexibility index (Phi) is 5.82. The van der Waals surface area contributed by atoms with Crippen LogP contribution in [0.15, 0.2) is 42.5 Å². The van der Waals surface area contributed by atoms with Crippen LogP contribution in [-0.2, 0) is 16.1 Å². The molecule has 0 aromatic heterocycles. The monoisotopic (exact) mass is 346 g/mol. The van der Waals surface area contributed by atoms with E-state index in [-0.39, 0.29) is 23.8 Å². The number of nitrogens with zero attached hydrogens (tertiary/aromatic N) is 1. The number of benzene rings is 2. The number of hydrogen-bond donors (Lipinski definition) is 1. The van der Waals surface area contributed by atoms with Gasteiger partial charge in [0.1, 0.15) is 0 Å². The summed E-state index contributed by atoms with van der Waals surface area (Å²) >= 11 is 5.81. The Labute approximate surface area is 146 Å². The van der Waals surface area contributed by atoms with E-state index in [0.29, 0.717) is 11.6 Å². The second kappa shape index (κ2) is 7.84. The molecule has 2 aromatic rings. The minimum absolute atomic E-state index is 0.256. The number of carbonyl (C=O) groups excluding carboxylic acids is 2. The molecule has 0 heterocycles. The third-order valence-corrected chi connectivity index (χ3v) is 4.00. The largest absolute Gasteiger partial charge is 0.452 e. The molecule has 2 rings (SSSR count). The number of rotatable bonds is 5. The quantitative estimate of drug-likeness (QED) is 0.667. The van der Waals surface area contributed by atoms with E-state index in [9.17, 15) is 9.59 Å². The van der Waals surface area contributed by atoms with Crippen molar-refractivity contribution in [1.29, 1.82) is 0 Å². The lowest BCUT2D eigenvalue weighted by atomic mass is 10.1. The number of anilines is 1. The van der Waals surface area contributed by atoms with Gasteiger partial charge < -0.3 is 15.4 Å². The number of esters is 1. The second-order valence-corrected chi connectivity index (χ2v) is 5.90. The number of nitrogen functional groups attached to an aromatic ring is 1. The van der Waals surface area contributed by atoms with Crippen molar-refractivity contribution in [3.8, 4) is 0 Å². The third kappa shape index (κ3) is 4.49. The van der Waals surface area contributed by atoms with Gasteiger partial charge in [0.25, 0.3) is 5.91 Å². The van der Waals surface area contributed by atoms with Crippen LogP contribution in [-0.4, -0.2) is 30.4 Å². The first kappa shape index (κ1) is 17.8. The van der Waals surface area contributed by atoms with Crippen LogP contribution >= 0.6 is 11.6 Å². The maximum atomic E-state index is 12.1. The Morgan fingerprint density at radius 3 is 2.58 bits per heavy atom. The van der Waals surface area contributed by atoms with E-state index in [1.165, 1.54) is 23.1 Å². The molecule has 5 nitrogen and oxygen atoms in total. The Morgan fingerprint density at radius 2 is 1.92 bits per heavy atom. The lowest BCUT2D eigenvalue weighted by Gasteiger charge is -2.18. The molecule has 0 fully saturated rings. The number of carbonyl (C=O) groups is 2. The molecule has 0 atom stereocenters. The highest BCUT2D eigenvalue weighted by Gasteiger charge is 2.15. The SMILES string of the molecule is Cc1ccccc1CN(C)C(=O)COC(=O)c1ccc(Cl)c(N)c1. The summed E-state index contributed by atoms with van der Waals surface area (Å²) in [6, 6.07) is 12.3. The standard InChI is InChI=1S/C18H19ClN2O3/c1-12-5-3-4-6-14(12)10-21(2)17(22)11-24-18(23)13-7-8-15(19)16(20)9-13/h3-9H,10-11,20H2,1-2H3. The highest BCUT2D eigenvalue weighted by molar-refractivity contribution is 6.33. The second-order valence-electron chi connectivity index (χ2n) is 5.49. The molecular weight excluding hydrogens is 328 g/mol. The average Bonchev–Trinajstić information content (AvgIpc) is 2.56. The van der Waals surface area contributed by atoms with Crippen LogP contribution in [0.4, 0.5) is 5.69 Å². The van der Waals surface area contributed by atoms with E-state index in [1.54, 1.807) is 7.05 Å². The molecule has 0 aliphatic heterocycles. The topological polar surface area (TPSA) is 72.6 Å². The van der Waals surface area contributed by atoms with Crippen molar-refractivity contribution < 1.29 is 14.3 Å². The Morgan fingerprint density at radius 1 is 1.21 bits per heavy atom. The van der Waals surface area contributed by atoms with Crippen LogP contribution in [0.2, 0.25) is 5.02 Å².